The molecule has 0 amide bonds. The van der Waals surface area contributed by atoms with Crippen molar-refractivity contribution in [1.82, 2.24) is 5.32 Å². The van der Waals surface area contributed by atoms with Gasteiger partial charge in [0.25, 0.3) is 0 Å². The molecule has 1 heterocycles. The second-order valence-electron chi connectivity index (χ2n) is 5.57. The van der Waals surface area contributed by atoms with E-state index in [1.54, 1.807) is 0 Å². The monoisotopic (exact) mass is 239 g/mol. The fourth-order valence-corrected chi connectivity index (χ4v) is 2.67. The summed E-state index contributed by atoms with van der Waals surface area (Å²) >= 11 is 1.88. The highest BCUT2D eigenvalue weighted by Crippen LogP contribution is 2.18. The summed E-state index contributed by atoms with van der Waals surface area (Å²) in [5.41, 5.74) is 0.238. The molecule has 1 atom stereocenters. The Balaban J connectivity index is 2.41. The molecule has 1 nitrogen and oxygen atoms in total. The average molecular weight is 239 g/mol. The van der Waals surface area contributed by atoms with Crippen LogP contribution >= 0.6 is 11.3 Å². The molecule has 0 aliphatic heterocycles. The van der Waals surface area contributed by atoms with Crippen LogP contribution in [0.1, 0.15) is 45.4 Å². The molecule has 1 unspecified atom stereocenters. The highest BCUT2D eigenvalue weighted by atomic mass is 32.1. The Hall–Kier alpha value is -0.340. The lowest BCUT2D eigenvalue weighted by molar-refractivity contribution is 0.356. The van der Waals surface area contributed by atoms with Gasteiger partial charge in [0.1, 0.15) is 0 Å². The van der Waals surface area contributed by atoms with Crippen molar-refractivity contribution in [2.75, 3.05) is 6.54 Å². The van der Waals surface area contributed by atoms with Gasteiger partial charge in [-0.25, -0.2) is 0 Å². The van der Waals surface area contributed by atoms with Crippen LogP contribution in [-0.4, -0.2) is 12.1 Å². The maximum atomic E-state index is 3.62. The largest absolute Gasteiger partial charge is 0.312 e. The van der Waals surface area contributed by atoms with Gasteiger partial charge in [0.05, 0.1) is 0 Å². The van der Waals surface area contributed by atoms with Gasteiger partial charge in [0.2, 0.25) is 0 Å². The summed E-state index contributed by atoms with van der Waals surface area (Å²) in [7, 11) is 0. The number of nitrogens with one attached hydrogen (secondary N) is 1. The average Bonchev–Trinajstić information content (AvgIpc) is 2.66. The Morgan fingerprint density at radius 1 is 1.38 bits per heavy atom. The molecule has 1 aromatic heterocycles. The fourth-order valence-electron chi connectivity index (χ4n) is 1.85. The molecular weight excluding hydrogens is 214 g/mol. The molecule has 0 aromatic carbocycles. The first-order valence-electron chi connectivity index (χ1n) is 6.28. The van der Waals surface area contributed by atoms with Crippen molar-refractivity contribution < 1.29 is 0 Å². The van der Waals surface area contributed by atoms with Crippen LogP contribution in [0.15, 0.2) is 17.5 Å². The molecule has 0 aliphatic rings. The lowest BCUT2D eigenvalue weighted by atomic mass is 9.97. The van der Waals surface area contributed by atoms with E-state index in [4.69, 9.17) is 0 Å². The van der Waals surface area contributed by atoms with Crippen molar-refractivity contribution >= 4 is 11.3 Å². The fraction of sp³-hybridized carbons (Fsp3) is 0.714. The van der Waals surface area contributed by atoms with Gasteiger partial charge in [-0.15, -0.1) is 11.3 Å². The molecular formula is C14H25NS. The zero-order valence-corrected chi connectivity index (χ0v) is 11.9. The predicted molar refractivity (Wildman–Crippen MR) is 74.2 cm³/mol. The zero-order valence-electron chi connectivity index (χ0n) is 11.0. The van der Waals surface area contributed by atoms with Gasteiger partial charge in [0, 0.05) is 10.4 Å². The molecule has 1 aromatic rings. The highest BCUT2D eigenvalue weighted by Gasteiger charge is 2.14. The zero-order chi connectivity index (χ0) is 12.0. The van der Waals surface area contributed by atoms with Crippen molar-refractivity contribution in [1.29, 1.82) is 0 Å². The third kappa shape index (κ3) is 5.66. The van der Waals surface area contributed by atoms with E-state index >= 15 is 0 Å². The number of rotatable bonds is 6. The predicted octanol–water partition coefficient (Wildman–Crippen LogP) is 4.10. The van der Waals surface area contributed by atoms with E-state index in [1.807, 2.05) is 11.3 Å². The van der Waals surface area contributed by atoms with Crippen LogP contribution in [0.3, 0.4) is 0 Å². The first kappa shape index (κ1) is 13.7. The maximum absolute atomic E-state index is 3.62. The molecule has 0 spiro atoms. The second kappa shape index (κ2) is 6.41. The molecule has 0 bridgehead atoms. The van der Waals surface area contributed by atoms with Crippen molar-refractivity contribution in [2.45, 2.75) is 52.5 Å². The lowest BCUT2D eigenvalue weighted by Gasteiger charge is -2.25. The van der Waals surface area contributed by atoms with Gasteiger partial charge in [-0.3, -0.25) is 0 Å². The Morgan fingerprint density at radius 3 is 2.62 bits per heavy atom. The van der Waals surface area contributed by atoms with E-state index in [2.05, 4.69) is 50.5 Å². The minimum atomic E-state index is 0.238. The van der Waals surface area contributed by atoms with Crippen LogP contribution in [-0.2, 0) is 6.42 Å². The van der Waals surface area contributed by atoms with Crippen LogP contribution in [0, 0.1) is 5.92 Å². The third-order valence-electron chi connectivity index (χ3n) is 2.69. The Labute approximate surface area is 104 Å². The molecule has 0 saturated carbocycles. The van der Waals surface area contributed by atoms with Crippen molar-refractivity contribution in [3.05, 3.63) is 22.4 Å². The van der Waals surface area contributed by atoms with E-state index < -0.39 is 0 Å². The van der Waals surface area contributed by atoms with E-state index in [-0.39, 0.29) is 5.54 Å². The van der Waals surface area contributed by atoms with Crippen molar-refractivity contribution in [2.24, 2.45) is 5.92 Å². The number of hydrogen-bond donors (Lipinski definition) is 1. The topological polar surface area (TPSA) is 12.0 Å². The quantitative estimate of drug-likeness (QED) is 0.788. The lowest BCUT2D eigenvalue weighted by Crippen LogP contribution is -2.39. The second-order valence-corrected chi connectivity index (χ2v) is 6.60. The first-order valence-corrected chi connectivity index (χ1v) is 7.16. The molecule has 92 valence electrons. The van der Waals surface area contributed by atoms with E-state index in [0.29, 0.717) is 0 Å². The standard InChI is InChI=1S/C14H25NS/c1-5-7-12(11-15-14(2,3)4)10-13-8-6-9-16-13/h6,8-9,12,15H,5,7,10-11H2,1-4H3. The van der Waals surface area contributed by atoms with E-state index in [9.17, 15) is 0 Å². The minimum Gasteiger partial charge on any atom is -0.312 e. The molecule has 0 saturated heterocycles. The Morgan fingerprint density at radius 2 is 2.12 bits per heavy atom. The van der Waals surface area contributed by atoms with Crippen molar-refractivity contribution in [3.8, 4) is 0 Å². The van der Waals surface area contributed by atoms with Crippen LogP contribution < -0.4 is 5.32 Å². The van der Waals surface area contributed by atoms with Crippen LogP contribution in [0.5, 0.6) is 0 Å². The van der Waals surface area contributed by atoms with Gasteiger partial charge < -0.3 is 5.32 Å². The molecule has 0 aliphatic carbocycles. The summed E-state index contributed by atoms with van der Waals surface area (Å²) in [6.45, 7) is 10.1. The normalized spacial score (nSPS) is 14.0. The molecule has 2 heteroatoms. The highest BCUT2D eigenvalue weighted by molar-refractivity contribution is 7.09. The van der Waals surface area contributed by atoms with Gasteiger partial charge in [-0.1, -0.05) is 19.4 Å². The first-order chi connectivity index (χ1) is 7.51. The molecule has 0 radical (unpaired) electrons. The van der Waals surface area contributed by atoms with Gasteiger partial charge >= 0.3 is 0 Å². The molecule has 16 heavy (non-hydrogen) atoms. The molecule has 1 N–H and O–H groups in total. The number of thiophene rings is 1. The summed E-state index contributed by atoms with van der Waals surface area (Å²) in [6, 6.07) is 4.41. The van der Waals surface area contributed by atoms with Gasteiger partial charge in [-0.2, -0.15) is 0 Å². The van der Waals surface area contributed by atoms with Gasteiger partial charge in [0.15, 0.2) is 0 Å². The summed E-state index contributed by atoms with van der Waals surface area (Å²) in [4.78, 5) is 1.52. The number of hydrogen-bond acceptors (Lipinski definition) is 2. The summed E-state index contributed by atoms with van der Waals surface area (Å²) in [5.74, 6) is 0.780. The summed E-state index contributed by atoms with van der Waals surface area (Å²) < 4.78 is 0. The van der Waals surface area contributed by atoms with E-state index in [1.165, 1.54) is 24.1 Å². The minimum absolute atomic E-state index is 0.238. The molecule has 0 fully saturated rings. The van der Waals surface area contributed by atoms with Crippen molar-refractivity contribution in [3.63, 3.8) is 0 Å². The summed E-state index contributed by atoms with van der Waals surface area (Å²) in [5, 5.41) is 5.80. The molecule has 1 rings (SSSR count). The summed E-state index contributed by atoms with van der Waals surface area (Å²) in [6.07, 6.45) is 3.83. The SMILES string of the molecule is CCCC(CNC(C)(C)C)Cc1cccs1. The van der Waals surface area contributed by atoms with Crippen LogP contribution in [0.4, 0.5) is 0 Å². The Bertz CT molecular complexity index is 271. The Kier molecular flexibility index (Phi) is 5.50. The third-order valence-corrected chi connectivity index (χ3v) is 3.59. The van der Waals surface area contributed by atoms with Crippen LogP contribution in [0.25, 0.3) is 0 Å². The maximum Gasteiger partial charge on any atom is 0.00966 e. The van der Waals surface area contributed by atoms with E-state index in [0.717, 1.165) is 12.5 Å². The smallest absolute Gasteiger partial charge is 0.00966 e. The van der Waals surface area contributed by atoms with Gasteiger partial charge in [-0.05, 0) is 57.5 Å². The van der Waals surface area contributed by atoms with Crippen LogP contribution in [0.2, 0.25) is 0 Å².